The highest BCUT2D eigenvalue weighted by atomic mass is 79.9. The van der Waals surface area contributed by atoms with Gasteiger partial charge in [-0.05, 0) is 37.1 Å². The van der Waals surface area contributed by atoms with Gasteiger partial charge < -0.3 is 11.1 Å². The zero-order valence-corrected chi connectivity index (χ0v) is 13.1. The third kappa shape index (κ3) is 3.46. The van der Waals surface area contributed by atoms with Crippen molar-refractivity contribution in [2.75, 3.05) is 5.32 Å². The van der Waals surface area contributed by atoms with E-state index in [1.807, 2.05) is 56.3 Å². The Morgan fingerprint density at radius 2 is 1.80 bits per heavy atom. The fourth-order valence-corrected chi connectivity index (χ4v) is 2.19. The van der Waals surface area contributed by atoms with Gasteiger partial charge in [-0.1, -0.05) is 51.8 Å². The van der Waals surface area contributed by atoms with Gasteiger partial charge in [-0.25, -0.2) is 0 Å². The Kier molecular flexibility index (Phi) is 4.57. The maximum Gasteiger partial charge on any atom is 0.245 e. The Hall–Kier alpha value is -1.65. The quantitative estimate of drug-likeness (QED) is 0.900. The molecule has 2 aromatic carbocycles. The zero-order valence-electron chi connectivity index (χ0n) is 11.5. The average molecular weight is 333 g/mol. The summed E-state index contributed by atoms with van der Waals surface area (Å²) in [5.74, 6) is -0.218. The van der Waals surface area contributed by atoms with Crippen LogP contribution in [-0.4, -0.2) is 5.91 Å². The van der Waals surface area contributed by atoms with Crippen LogP contribution in [0.15, 0.2) is 46.9 Å². The lowest BCUT2D eigenvalue weighted by Crippen LogP contribution is -2.27. The second-order valence-electron chi connectivity index (χ2n) is 4.84. The molecule has 1 unspecified atom stereocenters. The molecule has 0 aliphatic carbocycles. The SMILES string of the molecule is Cc1ccc(C(N)C(=O)Nc2ccc(C)c(Br)c2)cc1. The molecule has 3 nitrogen and oxygen atoms in total. The van der Waals surface area contributed by atoms with E-state index in [9.17, 15) is 4.79 Å². The first-order chi connectivity index (χ1) is 9.47. The van der Waals surface area contributed by atoms with E-state index in [1.165, 1.54) is 0 Å². The Bertz CT molecular complexity index is 623. The van der Waals surface area contributed by atoms with Crippen molar-refractivity contribution in [3.8, 4) is 0 Å². The Balaban J connectivity index is 2.11. The van der Waals surface area contributed by atoms with Crippen LogP contribution in [0.5, 0.6) is 0 Å². The van der Waals surface area contributed by atoms with Gasteiger partial charge >= 0.3 is 0 Å². The van der Waals surface area contributed by atoms with Crippen LogP contribution in [-0.2, 0) is 4.79 Å². The lowest BCUT2D eigenvalue weighted by molar-refractivity contribution is -0.117. The van der Waals surface area contributed by atoms with Gasteiger partial charge in [-0.2, -0.15) is 0 Å². The molecule has 2 rings (SSSR count). The Morgan fingerprint density at radius 3 is 2.40 bits per heavy atom. The van der Waals surface area contributed by atoms with Crippen molar-refractivity contribution in [3.63, 3.8) is 0 Å². The third-order valence-corrected chi connectivity index (χ3v) is 4.01. The molecule has 0 saturated heterocycles. The largest absolute Gasteiger partial charge is 0.324 e. The molecule has 0 saturated carbocycles. The van der Waals surface area contributed by atoms with Gasteiger partial charge in [0, 0.05) is 10.2 Å². The van der Waals surface area contributed by atoms with E-state index in [4.69, 9.17) is 5.73 Å². The summed E-state index contributed by atoms with van der Waals surface area (Å²) in [6.07, 6.45) is 0. The van der Waals surface area contributed by atoms with Gasteiger partial charge in [0.05, 0.1) is 0 Å². The van der Waals surface area contributed by atoms with Crippen molar-refractivity contribution in [1.29, 1.82) is 0 Å². The van der Waals surface area contributed by atoms with Crippen LogP contribution in [0.1, 0.15) is 22.7 Å². The zero-order chi connectivity index (χ0) is 14.7. The second-order valence-corrected chi connectivity index (χ2v) is 5.70. The number of carbonyl (C=O) groups is 1. The van der Waals surface area contributed by atoms with E-state index >= 15 is 0 Å². The highest BCUT2D eigenvalue weighted by molar-refractivity contribution is 9.10. The van der Waals surface area contributed by atoms with Crippen LogP contribution in [0, 0.1) is 13.8 Å². The molecule has 0 aromatic heterocycles. The number of hydrogen-bond acceptors (Lipinski definition) is 2. The van der Waals surface area contributed by atoms with Crippen molar-refractivity contribution in [2.45, 2.75) is 19.9 Å². The predicted octanol–water partition coefficient (Wildman–Crippen LogP) is 3.70. The molecule has 0 heterocycles. The molecule has 4 heteroatoms. The van der Waals surface area contributed by atoms with E-state index < -0.39 is 6.04 Å². The average Bonchev–Trinajstić information content (AvgIpc) is 2.43. The molecule has 0 radical (unpaired) electrons. The maximum absolute atomic E-state index is 12.1. The first-order valence-electron chi connectivity index (χ1n) is 6.36. The van der Waals surface area contributed by atoms with Crippen molar-refractivity contribution < 1.29 is 4.79 Å². The van der Waals surface area contributed by atoms with Crippen LogP contribution in [0.2, 0.25) is 0 Å². The molecule has 1 amide bonds. The number of benzene rings is 2. The number of anilines is 1. The summed E-state index contributed by atoms with van der Waals surface area (Å²) >= 11 is 3.44. The summed E-state index contributed by atoms with van der Waals surface area (Å²) in [4.78, 5) is 12.1. The van der Waals surface area contributed by atoms with Gasteiger partial charge in [0.25, 0.3) is 0 Å². The summed E-state index contributed by atoms with van der Waals surface area (Å²) in [6, 6.07) is 12.7. The summed E-state index contributed by atoms with van der Waals surface area (Å²) in [6.45, 7) is 3.99. The molecular formula is C16H17BrN2O. The molecule has 0 fully saturated rings. The van der Waals surface area contributed by atoms with E-state index in [2.05, 4.69) is 21.2 Å². The molecule has 0 aliphatic rings. The summed E-state index contributed by atoms with van der Waals surface area (Å²) < 4.78 is 0.958. The molecule has 0 spiro atoms. The highest BCUT2D eigenvalue weighted by Gasteiger charge is 2.15. The molecule has 0 bridgehead atoms. The number of nitrogens with two attached hydrogens (primary N) is 1. The van der Waals surface area contributed by atoms with Crippen LogP contribution in [0.25, 0.3) is 0 Å². The first kappa shape index (κ1) is 14.8. The topological polar surface area (TPSA) is 55.1 Å². The number of aryl methyl sites for hydroxylation is 2. The van der Waals surface area contributed by atoms with Crippen LogP contribution >= 0.6 is 15.9 Å². The fraction of sp³-hybridized carbons (Fsp3) is 0.188. The minimum absolute atomic E-state index is 0.218. The maximum atomic E-state index is 12.1. The third-order valence-electron chi connectivity index (χ3n) is 3.16. The number of halogens is 1. The molecular weight excluding hydrogens is 316 g/mol. The van der Waals surface area contributed by atoms with Crippen molar-refractivity contribution >= 4 is 27.5 Å². The predicted molar refractivity (Wildman–Crippen MR) is 85.6 cm³/mol. The van der Waals surface area contributed by atoms with Crippen molar-refractivity contribution in [1.82, 2.24) is 0 Å². The molecule has 20 heavy (non-hydrogen) atoms. The first-order valence-corrected chi connectivity index (χ1v) is 7.16. The minimum Gasteiger partial charge on any atom is -0.324 e. The Morgan fingerprint density at radius 1 is 1.15 bits per heavy atom. The fourth-order valence-electron chi connectivity index (χ4n) is 1.82. The number of carbonyl (C=O) groups excluding carboxylic acids is 1. The highest BCUT2D eigenvalue weighted by Crippen LogP contribution is 2.21. The molecule has 104 valence electrons. The smallest absolute Gasteiger partial charge is 0.245 e. The number of rotatable bonds is 3. The van der Waals surface area contributed by atoms with Crippen molar-refractivity contribution in [3.05, 3.63) is 63.6 Å². The molecule has 2 aromatic rings. The van der Waals surface area contributed by atoms with Crippen molar-refractivity contribution in [2.24, 2.45) is 5.73 Å². The number of nitrogens with one attached hydrogen (secondary N) is 1. The van der Waals surface area contributed by atoms with Gasteiger partial charge in [0.1, 0.15) is 6.04 Å². The Labute approximate surface area is 127 Å². The summed E-state index contributed by atoms with van der Waals surface area (Å²) in [7, 11) is 0. The van der Waals surface area contributed by atoms with Crippen LogP contribution < -0.4 is 11.1 Å². The van der Waals surface area contributed by atoms with E-state index in [-0.39, 0.29) is 5.91 Å². The van der Waals surface area contributed by atoms with E-state index in [1.54, 1.807) is 0 Å². The summed E-state index contributed by atoms with van der Waals surface area (Å²) in [5.41, 5.74) is 9.78. The molecule has 3 N–H and O–H groups in total. The monoisotopic (exact) mass is 332 g/mol. The molecule has 0 aliphatic heterocycles. The number of amides is 1. The standard InChI is InChI=1S/C16H17BrN2O/c1-10-3-6-12(7-4-10)15(18)16(20)19-13-8-5-11(2)14(17)9-13/h3-9,15H,18H2,1-2H3,(H,19,20). The normalized spacial score (nSPS) is 12.0. The van der Waals surface area contributed by atoms with Gasteiger partial charge in [0.15, 0.2) is 0 Å². The van der Waals surface area contributed by atoms with E-state index in [0.29, 0.717) is 0 Å². The van der Waals surface area contributed by atoms with E-state index in [0.717, 1.165) is 26.9 Å². The lowest BCUT2D eigenvalue weighted by atomic mass is 10.1. The number of hydrogen-bond donors (Lipinski definition) is 2. The second kappa shape index (κ2) is 6.20. The van der Waals surface area contributed by atoms with Crippen LogP contribution in [0.3, 0.4) is 0 Å². The van der Waals surface area contributed by atoms with Gasteiger partial charge in [-0.3, -0.25) is 4.79 Å². The summed E-state index contributed by atoms with van der Waals surface area (Å²) in [5, 5.41) is 2.83. The van der Waals surface area contributed by atoms with Gasteiger partial charge in [0.2, 0.25) is 5.91 Å². The minimum atomic E-state index is -0.671. The lowest BCUT2D eigenvalue weighted by Gasteiger charge is -2.13. The molecule has 1 atom stereocenters. The van der Waals surface area contributed by atoms with Crippen LogP contribution in [0.4, 0.5) is 5.69 Å². The van der Waals surface area contributed by atoms with Gasteiger partial charge in [-0.15, -0.1) is 0 Å².